The maximum absolute atomic E-state index is 11.7. The monoisotopic (exact) mass is 268 g/mol. The molecule has 0 aromatic carbocycles. The van der Waals surface area contributed by atoms with Gasteiger partial charge in [0.2, 0.25) is 5.91 Å². The molecule has 0 radical (unpaired) electrons. The van der Waals surface area contributed by atoms with Gasteiger partial charge in [0, 0.05) is 26.1 Å². The van der Waals surface area contributed by atoms with Crippen LogP contribution in [0.5, 0.6) is 0 Å². The lowest BCUT2D eigenvalue weighted by Gasteiger charge is -2.15. The van der Waals surface area contributed by atoms with Crippen LogP contribution in [0, 0.1) is 0 Å². The topological polar surface area (TPSA) is 69.6 Å². The summed E-state index contributed by atoms with van der Waals surface area (Å²) in [5.74, 6) is -0.155. The number of carbonyl (C=O) groups is 2. The van der Waals surface area contributed by atoms with E-state index in [2.05, 4.69) is 5.32 Å². The highest BCUT2D eigenvalue weighted by molar-refractivity contribution is 7.12. The number of carbonyl (C=O) groups excluding carboxylic acids is 2. The summed E-state index contributed by atoms with van der Waals surface area (Å²) in [7, 11) is 0. The Morgan fingerprint density at radius 2 is 2.39 bits per heavy atom. The van der Waals surface area contributed by atoms with Crippen molar-refractivity contribution in [3.63, 3.8) is 0 Å². The van der Waals surface area contributed by atoms with Crippen molar-refractivity contribution in [1.82, 2.24) is 10.2 Å². The van der Waals surface area contributed by atoms with E-state index in [1.807, 2.05) is 11.4 Å². The number of amides is 2. The molecule has 1 atom stereocenters. The minimum absolute atomic E-state index is 0.0157. The first-order valence-corrected chi connectivity index (χ1v) is 6.82. The molecule has 98 valence electrons. The quantitative estimate of drug-likeness (QED) is 0.833. The highest BCUT2D eigenvalue weighted by Gasteiger charge is 2.23. The molecule has 1 aliphatic heterocycles. The molecular formula is C12H16N2O3S. The summed E-state index contributed by atoms with van der Waals surface area (Å²) < 4.78 is 0. The molecule has 2 N–H and O–H groups in total. The molecule has 1 aromatic heterocycles. The van der Waals surface area contributed by atoms with Gasteiger partial charge in [-0.2, -0.15) is 0 Å². The number of β-amino-alcohol motifs (C(OH)–C–C–N with tert-alkyl or cyclic N) is 1. The molecule has 5 nitrogen and oxygen atoms in total. The van der Waals surface area contributed by atoms with Gasteiger partial charge in [0.15, 0.2) is 0 Å². The molecule has 1 saturated heterocycles. The zero-order valence-electron chi connectivity index (χ0n) is 9.96. The normalized spacial score (nSPS) is 18.9. The van der Waals surface area contributed by atoms with E-state index in [0.29, 0.717) is 30.9 Å². The zero-order chi connectivity index (χ0) is 13.0. The van der Waals surface area contributed by atoms with Gasteiger partial charge >= 0.3 is 0 Å². The predicted octanol–water partition coefficient (Wildman–Crippen LogP) is 0.461. The van der Waals surface area contributed by atoms with Gasteiger partial charge in [-0.15, -0.1) is 11.3 Å². The first-order valence-electron chi connectivity index (χ1n) is 5.94. The first-order chi connectivity index (χ1) is 8.66. The molecule has 0 aliphatic carbocycles. The van der Waals surface area contributed by atoms with Gasteiger partial charge in [0.25, 0.3) is 5.91 Å². The fourth-order valence-corrected chi connectivity index (χ4v) is 2.54. The summed E-state index contributed by atoms with van der Waals surface area (Å²) in [6, 6.07) is 3.56. The number of thiophene rings is 1. The van der Waals surface area contributed by atoms with Gasteiger partial charge in [-0.05, 0) is 17.9 Å². The van der Waals surface area contributed by atoms with Gasteiger partial charge in [0.1, 0.15) is 0 Å². The van der Waals surface area contributed by atoms with E-state index in [-0.39, 0.29) is 18.2 Å². The first kappa shape index (κ1) is 13.0. The van der Waals surface area contributed by atoms with Crippen molar-refractivity contribution in [3.8, 4) is 0 Å². The third kappa shape index (κ3) is 3.30. The largest absolute Gasteiger partial charge is 0.391 e. The average Bonchev–Trinajstić information content (AvgIpc) is 2.99. The van der Waals surface area contributed by atoms with E-state index >= 15 is 0 Å². The molecule has 1 aliphatic rings. The second kappa shape index (κ2) is 5.97. The fraction of sp³-hybridized carbons (Fsp3) is 0.500. The fourth-order valence-electron chi connectivity index (χ4n) is 1.90. The lowest BCUT2D eigenvalue weighted by atomic mass is 10.3. The van der Waals surface area contributed by atoms with Crippen LogP contribution in [0.2, 0.25) is 0 Å². The molecule has 1 unspecified atom stereocenters. The Bertz CT molecular complexity index is 419. The standard InChI is InChI=1S/C12H16N2O3S/c15-9-4-6-14(8-9)11(16)3-5-13-12(17)10-2-1-7-18-10/h1-2,7,9,15H,3-6,8H2,(H,13,17). The lowest BCUT2D eigenvalue weighted by molar-refractivity contribution is -0.130. The third-order valence-corrected chi connectivity index (χ3v) is 3.75. The van der Waals surface area contributed by atoms with Crippen LogP contribution in [0.1, 0.15) is 22.5 Å². The smallest absolute Gasteiger partial charge is 0.261 e. The minimum atomic E-state index is -0.394. The van der Waals surface area contributed by atoms with Crippen LogP contribution in [0.15, 0.2) is 17.5 Å². The summed E-state index contributed by atoms with van der Waals surface area (Å²) in [6.07, 6.45) is 0.534. The van der Waals surface area contributed by atoms with E-state index in [9.17, 15) is 14.7 Å². The van der Waals surface area contributed by atoms with Crippen molar-refractivity contribution in [2.45, 2.75) is 18.9 Å². The Morgan fingerprint density at radius 1 is 1.56 bits per heavy atom. The molecule has 2 heterocycles. The van der Waals surface area contributed by atoms with E-state index in [0.717, 1.165) is 0 Å². The van der Waals surface area contributed by atoms with E-state index in [1.54, 1.807) is 11.0 Å². The molecule has 0 bridgehead atoms. The summed E-state index contributed by atoms with van der Waals surface area (Å²) >= 11 is 1.38. The van der Waals surface area contributed by atoms with Gasteiger partial charge < -0.3 is 15.3 Å². The van der Waals surface area contributed by atoms with E-state index in [1.165, 1.54) is 11.3 Å². The van der Waals surface area contributed by atoms with Gasteiger partial charge in [-0.25, -0.2) is 0 Å². The van der Waals surface area contributed by atoms with Crippen molar-refractivity contribution in [1.29, 1.82) is 0 Å². The summed E-state index contributed by atoms with van der Waals surface area (Å²) in [5, 5.41) is 13.9. The van der Waals surface area contributed by atoms with Gasteiger partial charge in [-0.1, -0.05) is 6.07 Å². The second-order valence-electron chi connectivity index (χ2n) is 4.27. The van der Waals surface area contributed by atoms with Crippen molar-refractivity contribution >= 4 is 23.2 Å². The Kier molecular flexibility index (Phi) is 4.33. The van der Waals surface area contributed by atoms with E-state index in [4.69, 9.17) is 0 Å². The Morgan fingerprint density at radius 3 is 3.00 bits per heavy atom. The molecule has 1 aromatic rings. The molecule has 1 fully saturated rings. The molecule has 0 saturated carbocycles. The highest BCUT2D eigenvalue weighted by Crippen LogP contribution is 2.10. The number of aliphatic hydroxyl groups excluding tert-OH is 1. The molecule has 6 heteroatoms. The van der Waals surface area contributed by atoms with Crippen LogP contribution in [0.4, 0.5) is 0 Å². The zero-order valence-corrected chi connectivity index (χ0v) is 10.8. The van der Waals surface area contributed by atoms with Crippen LogP contribution in [0.3, 0.4) is 0 Å². The number of nitrogens with zero attached hydrogens (tertiary/aromatic N) is 1. The Labute approximate surface area is 109 Å². The Balaban J connectivity index is 1.69. The van der Waals surface area contributed by atoms with Crippen LogP contribution >= 0.6 is 11.3 Å². The number of hydrogen-bond donors (Lipinski definition) is 2. The van der Waals surface area contributed by atoms with Crippen molar-refractivity contribution in [2.24, 2.45) is 0 Å². The number of hydrogen-bond acceptors (Lipinski definition) is 4. The molecular weight excluding hydrogens is 252 g/mol. The van der Waals surface area contributed by atoms with Crippen molar-refractivity contribution in [2.75, 3.05) is 19.6 Å². The number of rotatable bonds is 4. The maximum atomic E-state index is 11.7. The van der Waals surface area contributed by atoms with Crippen LogP contribution in [-0.2, 0) is 4.79 Å². The van der Waals surface area contributed by atoms with Gasteiger partial charge in [0.05, 0.1) is 11.0 Å². The highest BCUT2D eigenvalue weighted by atomic mass is 32.1. The molecule has 0 spiro atoms. The minimum Gasteiger partial charge on any atom is -0.391 e. The van der Waals surface area contributed by atoms with Gasteiger partial charge in [-0.3, -0.25) is 9.59 Å². The third-order valence-electron chi connectivity index (χ3n) is 2.89. The van der Waals surface area contributed by atoms with Crippen LogP contribution in [0.25, 0.3) is 0 Å². The summed E-state index contributed by atoms with van der Waals surface area (Å²) in [6.45, 7) is 1.36. The summed E-state index contributed by atoms with van der Waals surface area (Å²) in [5.41, 5.74) is 0. The predicted molar refractivity (Wildman–Crippen MR) is 68.5 cm³/mol. The van der Waals surface area contributed by atoms with Crippen molar-refractivity contribution in [3.05, 3.63) is 22.4 Å². The average molecular weight is 268 g/mol. The molecule has 18 heavy (non-hydrogen) atoms. The lowest BCUT2D eigenvalue weighted by Crippen LogP contribution is -2.33. The molecule has 2 amide bonds. The number of nitrogens with one attached hydrogen (secondary N) is 1. The number of aliphatic hydroxyl groups is 1. The second-order valence-corrected chi connectivity index (χ2v) is 5.21. The van der Waals surface area contributed by atoms with Crippen LogP contribution in [-0.4, -0.2) is 47.6 Å². The summed E-state index contributed by atoms with van der Waals surface area (Å²) in [4.78, 5) is 25.6. The Hall–Kier alpha value is -1.40. The van der Waals surface area contributed by atoms with E-state index < -0.39 is 6.10 Å². The number of likely N-dealkylation sites (tertiary alicyclic amines) is 1. The maximum Gasteiger partial charge on any atom is 0.261 e. The van der Waals surface area contributed by atoms with Crippen LogP contribution < -0.4 is 5.32 Å². The SMILES string of the molecule is O=C(NCCC(=O)N1CCC(O)C1)c1cccs1. The molecule has 2 rings (SSSR count). The van der Waals surface area contributed by atoms with Crippen molar-refractivity contribution < 1.29 is 14.7 Å².